The average Bonchev–Trinajstić information content (AvgIpc) is 2.68. The minimum atomic E-state index is -0.818. The zero-order valence-electron chi connectivity index (χ0n) is 17.6. The Morgan fingerprint density at radius 2 is 1.76 bits per heavy atom. The molecule has 29 heavy (non-hydrogen) atoms. The van der Waals surface area contributed by atoms with Crippen molar-refractivity contribution in [3.05, 3.63) is 60.9 Å². The predicted octanol–water partition coefficient (Wildman–Crippen LogP) is 0.974. The summed E-state index contributed by atoms with van der Waals surface area (Å²) in [5, 5.41) is 23.2. The van der Waals surface area contributed by atoms with Gasteiger partial charge in [-0.25, -0.2) is 4.79 Å². The second-order valence-electron chi connectivity index (χ2n) is 8.16. The van der Waals surface area contributed by atoms with Crippen molar-refractivity contribution in [1.82, 2.24) is 0 Å². The molecule has 0 aromatic heterocycles. The fourth-order valence-electron chi connectivity index (χ4n) is 3.82. The topological polar surface area (TPSA) is 100.0 Å². The van der Waals surface area contributed by atoms with E-state index in [0.717, 1.165) is 54.6 Å². The second-order valence-corrected chi connectivity index (χ2v) is 8.16. The van der Waals surface area contributed by atoms with E-state index >= 15 is 0 Å². The van der Waals surface area contributed by atoms with Gasteiger partial charge < -0.3 is 25.6 Å². The van der Waals surface area contributed by atoms with Crippen molar-refractivity contribution in [1.29, 1.82) is 0 Å². The first-order chi connectivity index (χ1) is 13.8. The number of allylic oxidation sites excluding steroid dienone is 4. The van der Waals surface area contributed by atoms with Gasteiger partial charge in [0, 0.05) is 12.2 Å². The molecule has 0 heterocycles. The molecule has 0 aromatic carbocycles. The zero-order valence-corrected chi connectivity index (χ0v) is 17.6. The molecular weight excluding hydrogens is 368 g/mol. The van der Waals surface area contributed by atoms with Gasteiger partial charge in [0.15, 0.2) is 11.4 Å². The van der Waals surface area contributed by atoms with Gasteiger partial charge in [-0.2, -0.15) is 0 Å². The lowest BCUT2D eigenvalue weighted by Gasteiger charge is -2.27. The van der Waals surface area contributed by atoms with Crippen molar-refractivity contribution in [3.63, 3.8) is 0 Å². The van der Waals surface area contributed by atoms with Crippen molar-refractivity contribution in [2.45, 2.75) is 70.7 Å². The Balaban J connectivity index is 2.00. The molecule has 0 spiro atoms. The van der Waals surface area contributed by atoms with Crippen LogP contribution in [-0.4, -0.2) is 34.5 Å². The van der Waals surface area contributed by atoms with Gasteiger partial charge in [-0.05, 0) is 69.9 Å². The number of hydrogen-bond acceptors (Lipinski definition) is 4. The molecule has 1 fully saturated rings. The number of aliphatic hydroxyl groups excluding tert-OH is 2. The summed E-state index contributed by atoms with van der Waals surface area (Å²) < 4.78 is 5.53. The van der Waals surface area contributed by atoms with E-state index in [1.165, 1.54) is 0 Å². The van der Waals surface area contributed by atoms with Crippen LogP contribution in [0.2, 0.25) is 0 Å². The van der Waals surface area contributed by atoms with Gasteiger partial charge in [-0.1, -0.05) is 11.6 Å². The molecule has 2 aliphatic rings. The summed E-state index contributed by atoms with van der Waals surface area (Å²) in [5.74, 6) is 0.151. The highest BCUT2D eigenvalue weighted by Gasteiger charge is 2.24. The van der Waals surface area contributed by atoms with Crippen molar-refractivity contribution in [3.8, 4) is 0 Å². The second kappa shape index (κ2) is 11.5. The van der Waals surface area contributed by atoms with E-state index < -0.39 is 12.2 Å². The summed E-state index contributed by atoms with van der Waals surface area (Å²) >= 11 is 0. The molecule has 2 aliphatic carbocycles. The number of ether oxygens (including phenoxy) is 1. The number of rotatable bonds is 7. The molecule has 6 nitrogen and oxygen atoms in total. The van der Waals surface area contributed by atoms with Gasteiger partial charge in [0.25, 0.3) is 0 Å². The molecular formula is C23H36N2O4. The number of carbonyl (C=O) groups is 1. The lowest BCUT2D eigenvalue weighted by molar-refractivity contribution is -0.596. The average molecular weight is 405 g/mol. The molecule has 162 valence electrons. The third-order valence-electron chi connectivity index (χ3n) is 5.45. The molecule has 0 aliphatic heterocycles. The molecule has 2 rings (SSSR count). The first-order valence-electron chi connectivity index (χ1n) is 10.4. The minimum Gasteiger partial charge on any atom is -0.459 e. The van der Waals surface area contributed by atoms with E-state index in [4.69, 9.17) is 4.74 Å². The first kappa shape index (κ1) is 23.5. The van der Waals surface area contributed by atoms with E-state index in [9.17, 15) is 15.0 Å². The Morgan fingerprint density at radius 1 is 1.10 bits per heavy atom. The highest BCUT2D eigenvalue weighted by atomic mass is 16.5. The van der Waals surface area contributed by atoms with Gasteiger partial charge in [0.05, 0.1) is 12.2 Å². The standard InChI is InChI=1S/C23H36N2O4/c1-15(2)11-23(28)29-18-8-5-16(6-9-18)12-19(24-3)20(25-4)13-17-7-10-21(26)22(27)14-17/h11-14,16,18,21-22,26-27H,3-10,24-25H2,1-2H3/b19-12-,20-13-. The summed E-state index contributed by atoms with van der Waals surface area (Å²) in [6.45, 7) is 3.77. The SMILES string of the molecule is [CH2-][NH2+]C(=C\C1=CC(O)C(O)CC1)/C(=C/C1CCC(OC(=O)C=C(C)C)CC1)[NH2+][CH2-]. The molecule has 2 unspecified atom stereocenters. The molecule has 0 amide bonds. The highest BCUT2D eigenvalue weighted by molar-refractivity contribution is 5.82. The lowest BCUT2D eigenvalue weighted by Crippen LogP contribution is -2.85. The Kier molecular flexibility index (Phi) is 9.30. The van der Waals surface area contributed by atoms with Crippen molar-refractivity contribution in [2.75, 3.05) is 0 Å². The Hall–Kier alpha value is -1.73. The molecule has 1 saturated carbocycles. The number of hydrogen-bond donors (Lipinski definition) is 4. The van der Waals surface area contributed by atoms with E-state index in [1.807, 2.05) is 25.2 Å². The molecule has 2 atom stereocenters. The van der Waals surface area contributed by atoms with Crippen LogP contribution < -0.4 is 10.6 Å². The first-order valence-corrected chi connectivity index (χ1v) is 10.4. The van der Waals surface area contributed by atoms with Crippen molar-refractivity contribution in [2.24, 2.45) is 5.92 Å². The monoisotopic (exact) mass is 404 g/mol. The van der Waals surface area contributed by atoms with Crippen LogP contribution in [0.15, 0.2) is 46.8 Å². The number of quaternary nitrogens is 2. The van der Waals surface area contributed by atoms with Crippen LogP contribution >= 0.6 is 0 Å². The molecule has 6 heteroatoms. The van der Waals surface area contributed by atoms with Crippen LogP contribution in [0.5, 0.6) is 0 Å². The largest absolute Gasteiger partial charge is 0.459 e. The molecule has 6 N–H and O–H groups in total. The minimum absolute atomic E-state index is 0.00958. The third-order valence-corrected chi connectivity index (χ3v) is 5.45. The van der Waals surface area contributed by atoms with Crippen LogP contribution in [0.25, 0.3) is 0 Å². The predicted molar refractivity (Wildman–Crippen MR) is 111 cm³/mol. The van der Waals surface area contributed by atoms with E-state index in [1.54, 1.807) is 17.5 Å². The van der Waals surface area contributed by atoms with Crippen LogP contribution in [0.3, 0.4) is 0 Å². The normalized spacial score (nSPS) is 28.6. The number of esters is 1. The maximum Gasteiger partial charge on any atom is 0.330 e. The zero-order chi connectivity index (χ0) is 21.4. The van der Waals surface area contributed by atoms with Crippen molar-refractivity contribution < 1.29 is 30.4 Å². The quantitative estimate of drug-likeness (QED) is 0.220. The van der Waals surface area contributed by atoms with Crippen LogP contribution in [0.4, 0.5) is 0 Å². The molecule has 0 saturated heterocycles. The van der Waals surface area contributed by atoms with Crippen LogP contribution in [0, 0.1) is 20.0 Å². The van der Waals surface area contributed by atoms with Gasteiger partial charge >= 0.3 is 5.97 Å². The Bertz CT molecular complexity index is 681. The van der Waals surface area contributed by atoms with Gasteiger partial charge in [-0.15, -0.1) is 14.1 Å². The van der Waals surface area contributed by atoms with Crippen LogP contribution in [-0.2, 0) is 9.53 Å². The van der Waals surface area contributed by atoms with E-state index in [2.05, 4.69) is 20.2 Å². The third kappa shape index (κ3) is 7.55. The fraction of sp³-hybridized carbons (Fsp3) is 0.522. The Morgan fingerprint density at radius 3 is 2.31 bits per heavy atom. The fourth-order valence-corrected chi connectivity index (χ4v) is 3.82. The molecule has 0 aromatic rings. The number of carbonyl (C=O) groups excluding carboxylic acids is 1. The number of aliphatic hydroxyl groups is 2. The summed E-state index contributed by atoms with van der Waals surface area (Å²) in [4.78, 5) is 11.8. The summed E-state index contributed by atoms with van der Waals surface area (Å²) in [7, 11) is 7.89. The molecule has 0 radical (unpaired) electrons. The van der Waals surface area contributed by atoms with E-state index in [-0.39, 0.29) is 12.1 Å². The van der Waals surface area contributed by atoms with Gasteiger partial charge in [0.2, 0.25) is 0 Å². The highest BCUT2D eigenvalue weighted by Crippen LogP contribution is 2.28. The van der Waals surface area contributed by atoms with Crippen LogP contribution in [0.1, 0.15) is 52.4 Å². The summed E-state index contributed by atoms with van der Waals surface area (Å²) in [6, 6.07) is 0. The summed E-state index contributed by atoms with van der Waals surface area (Å²) in [6.07, 6.45) is 10.9. The molecule has 0 bridgehead atoms. The van der Waals surface area contributed by atoms with Gasteiger partial charge in [-0.3, -0.25) is 0 Å². The summed E-state index contributed by atoms with van der Waals surface area (Å²) in [5.41, 5.74) is 3.93. The van der Waals surface area contributed by atoms with E-state index in [0.29, 0.717) is 12.3 Å². The smallest absolute Gasteiger partial charge is 0.330 e. The van der Waals surface area contributed by atoms with Crippen molar-refractivity contribution >= 4 is 5.97 Å². The Labute approximate surface area is 174 Å². The maximum atomic E-state index is 11.8. The number of nitrogens with two attached hydrogens (primary N) is 2. The van der Waals surface area contributed by atoms with Gasteiger partial charge in [0.1, 0.15) is 6.10 Å². The maximum absolute atomic E-state index is 11.8. The lowest BCUT2D eigenvalue weighted by atomic mass is 9.86.